The first-order valence-electron chi connectivity index (χ1n) is 2.45. The maximum Gasteiger partial charge on any atom is 0.0560 e. The number of hydrogen-bond donors (Lipinski definition) is 1. The number of rotatable bonds is 1. The quantitative estimate of drug-likeness (QED) is 0.599. The van der Waals surface area contributed by atoms with E-state index in [4.69, 9.17) is 11.6 Å². The topological polar surface area (TPSA) is 12.0 Å². The van der Waals surface area contributed by atoms with Crippen LogP contribution in [0.3, 0.4) is 0 Å². The maximum absolute atomic E-state index is 5.64. The molecule has 1 nitrogen and oxygen atoms in total. The minimum atomic E-state index is 0.769. The molecule has 0 fully saturated rings. The second-order valence-electron chi connectivity index (χ2n) is 1.60. The van der Waals surface area contributed by atoms with Gasteiger partial charge in [-0.3, -0.25) is 0 Å². The Kier molecular flexibility index (Phi) is 2.60. The summed E-state index contributed by atoms with van der Waals surface area (Å²) in [5, 5.41) is 0.769. The van der Waals surface area contributed by atoms with Crippen LogP contribution in [0.25, 0.3) is 0 Å². The molecule has 1 rings (SSSR count). The summed E-state index contributed by atoms with van der Waals surface area (Å²) < 4.78 is 2.97. The van der Waals surface area contributed by atoms with Gasteiger partial charge >= 0.3 is 0 Å². The van der Waals surface area contributed by atoms with Crippen LogP contribution < -0.4 is 3.53 Å². The van der Waals surface area contributed by atoms with E-state index in [0.29, 0.717) is 0 Å². The zero-order valence-corrected chi connectivity index (χ0v) is 7.48. The van der Waals surface area contributed by atoms with Crippen LogP contribution in [0.1, 0.15) is 0 Å². The standard InChI is InChI=1S/C6H5ClIN/c7-5-1-3-6(9-8)4-2-5/h1-4,9H. The summed E-state index contributed by atoms with van der Waals surface area (Å²) in [6.45, 7) is 0. The van der Waals surface area contributed by atoms with Crippen molar-refractivity contribution in [3.63, 3.8) is 0 Å². The van der Waals surface area contributed by atoms with Gasteiger partial charge in [-0.05, 0) is 24.3 Å². The third-order valence-electron chi connectivity index (χ3n) is 0.953. The van der Waals surface area contributed by atoms with Crippen molar-refractivity contribution < 1.29 is 0 Å². The second-order valence-corrected chi connectivity index (χ2v) is 2.58. The van der Waals surface area contributed by atoms with Gasteiger partial charge in [0.2, 0.25) is 0 Å². The van der Waals surface area contributed by atoms with E-state index in [9.17, 15) is 0 Å². The number of halogens is 2. The van der Waals surface area contributed by atoms with E-state index in [0.717, 1.165) is 10.7 Å². The van der Waals surface area contributed by atoms with Crippen LogP contribution in [0.2, 0.25) is 5.02 Å². The van der Waals surface area contributed by atoms with Gasteiger partial charge in [0, 0.05) is 10.7 Å². The molecule has 0 radical (unpaired) electrons. The molecule has 48 valence electrons. The van der Waals surface area contributed by atoms with Gasteiger partial charge in [-0.1, -0.05) is 11.6 Å². The van der Waals surface area contributed by atoms with Crippen LogP contribution in [0.5, 0.6) is 0 Å². The monoisotopic (exact) mass is 253 g/mol. The first kappa shape index (κ1) is 7.15. The molecule has 0 bridgehead atoms. The summed E-state index contributed by atoms with van der Waals surface area (Å²) in [6.07, 6.45) is 0. The highest BCUT2D eigenvalue weighted by molar-refractivity contribution is 14.1. The first-order valence-corrected chi connectivity index (χ1v) is 3.91. The lowest BCUT2D eigenvalue weighted by Gasteiger charge is -1.94. The van der Waals surface area contributed by atoms with Gasteiger partial charge in [0.1, 0.15) is 0 Å². The van der Waals surface area contributed by atoms with E-state index in [-0.39, 0.29) is 0 Å². The Morgan fingerprint density at radius 1 is 1.22 bits per heavy atom. The van der Waals surface area contributed by atoms with Crippen molar-refractivity contribution in [2.24, 2.45) is 0 Å². The first-order chi connectivity index (χ1) is 4.33. The second kappa shape index (κ2) is 3.27. The number of nitrogens with one attached hydrogen (secondary N) is 1. The van der Waals surface area contributed by atoms with E-state index in [1.165, 1.54) is 0 Å². The van der Waals surface area contributed by atoms with Gasteiger partial charge in [0.15, 0.2) is 0 Å². The molecule has 0 aromatic heterocycles. The highest BCUT2D eigenvalue weighted by Crippen LogP contribution is 2.13. The van der Waals surface area contributed by atoms with Crippen molar-refractivity contribution in [2.75, 3.05) is 3.53 Å². The molecule has 0 saturated heterocycles. The van der Waals surface area contributed by atoms with Gasteiger partial charge < -0.3 is 3.53 Å². The Bertz CT molecular complexity index is 185. The van der Waals surface area contributed by atoms with Crippen molar-refractivity contribution in [3.05, 3.63) is 29.3 Å². The summed E-state index contributed by atoms with van der Waals surface area (Å²) >= 11 is 7.71. The zero-order valence-electron chi connectivity index (χ0n) is 4.57. The molecule has 0 spiro atoms. The van der Waals surface area contributed by atoms with Gasteiger partial charge in [-0.2, -0.15) is 0 Å². The minimum Gasteiger partial charge on any atom is -0.328 e. The SMILES string of the molecule is Clc1ccc(NI)cc1. The molecule has 0 atom stereocenters. The third kappa shape index (κ3) is 2.02. The number of anilines is 1. The Labute approximate surface area is 72.9 Å². The van der Waals surface area contributed by atoms with Crippen LogP contribution in [0.15, 0.2) is 24.3 Å². The van der Waals surface area contributed by atoms with Gasteiger partial charge in [0.25, 0.3) is 0 Å². The smallest absolute Gasteiger partial charge is 0.0560 e. The van der Waals surface area contributed by atoms with Crippen LogP contribution >= 0.6 is 34.5 Å². The fourth-order valence-electron chi connectivity index (χ4n) is 0.513. The molecular weight excluding hydrogens is 248 g/mol. The lowest BCUT2D eigenvalue weighted by molar-refractivity contribution is 1.70. The van der Waals surface area contributed by atoms with Crippen LogP contribution in [0.4, 0.5) is 5.69 Å². The Morgan fingerprint density at radius 2 is 1.78 bits per heavy atom. The summed E-state index contributed by atoms with van der Waals surface area (Å²) in [7, 11) is 0. The van der Waals surface area contributed by atoms with Crippen molar-refractivity contribution in [3.8, 4) is 0 Å². The molecule has 0 heterocycles. The lowest BCUT2D eigenvalue weighted by Crippen LogP contribution is -1.75. The summed E-state index contributed by atoms with van der Waals surface area (Å²) in [6, 6.07) is 7.55. The zero-order chi connectivity index (χ0) is 6.69. The highest BCUT2D eigenvalue weighted by Gasteiger charge is 1.86. The molecule has 3 heteroatoms. The lowest BCUT2D eigenvalue weighted by atomic mass is 10.3. The molecule has 0 aliphatic rings. The molecule has 1 aromatic rings. The summed E-state index contributed by atoms with van der Waals surface area (Å²) in [4.78, 5) is 0. The third-order valence-corrected chi connectivity index (χ3v) is 1.83. The fourth-order valence-corrected chi connectivity index (χ4v) is 0.998. The molecule has 1 aromatic carbocycles. The predicted molar refractivity (Wildman–Crippen MR) is 49.1 cm³/mol. The Morgan fingerprint density at radius 3 is 2.22 bits per heavy atom. The molecule has 0 aliphatic carbocycles. The van der Waals surface area contributed by atoms with Crippen LogP contribution in [-0.2, 0) is 0 Å². The van der Waals surface area contributed by atoms with E-state index >= 15 is 0 Å². The largest absolute Gasteiger partial charge is 0.328 e. The molecule has 0 saturated carbocycles. The predicted octanol–water partition coefficient (Wildman–Crippen LogP) is 3.10. The highest BCUT2D eigenvalue weighted by atomic mass is 127. The summed E-state index contributed by atoms with van der Waals surface area (Å²) in [5.41, 5.74) is 1.07. The van der Waals surface area contributed by atoms with Crippen LogP contribution in [0, 0.1) is 0 Å². The van der Waals surface area contributed by atoms with Gasteiger partial charge in [0.05, 0.1) is 22.9 Å². The van der Waals surface area contributed by atoms with Gasteiger partial charge in [-0.25, -0.2) is 0 Å². The molecule has 0 unspecified atom stereocenters. The Hall–Kier alpha value is 0.0400. The molecule has 0 aliphatic heterocycles. The molecule has 9 heavy (non-hydrogen) atoms. The molecule has 1 N–H and O–H groups in total. The van der Waals surface area contributed by atoms with E-state index in [1.807, 2.05) is 24.3 Å². The normalized spacial score (nSPS) is 9.11. The van der Waals surface area contributed by atoms with Crippen molar-refractivity contribution in [1.82, 2.24) is 0 Å². The van der Waals surface area contributed by atoms with E-state index < -0.39 is 0 Å². The average Bonchev–Trinajstić information content (AvgIpc) is 1.90. The maximum atomic E-state index is 5.64. The number of hydrogen-bond acceptors (Lipinski definition) is 1. The number of benzene rings is 1. The van der Waals surface area contributed by atoms with E-state index in [2.05, 4.69) is 26.4 Å². The van der Waals surface area contributed by atoms with E-state index in [1.54, 1.807) is 0 Å². The average molecular weight is 253 g/mol. The van der Waals surface area contributed by atoms with Crippen molar-refractivity contribution >= 4 is 40.2 Å². The molecule has 0 amide bonds. The van der Waals surface area contributed by atoms with Crippen molar-refractivity contribution in [1.29, 1.82) is 0 Å². The van der Waals surface area contributed by atoms with Gasteiger partial charge in [-0.15, -0.1) is 0 Å². The van der Waals surface area contributed by atoms with Crippen LogP contribution in [-0.4, -0.2) is 0 Å². The Balaban J connectivity index is 2.88. The van der Waals surface area contributed by atoms with Crippen molar-refractivity contribution in [2.45, 2.75) is 0 Å². The minimum absolute atomic E-state index is 0.769. The fraction of sp³-hybridized carbons (Fsp3) is 0. The molecular formula is C6H5ClIN. The summed E-state index contributed by atoms with van der Waals surface area (Å²) in [5.74, 6) is 0.